The van der Waals surface area contributed by atoms with Crippen LogP contribution in [0.2, 0.25) is 0 Å². The minimum absolute atomic E-state index is 0.0748. The van der Waals surface area contributed by atoms with Gasteiger partial charge in [0.2, 0.25) is 0 Å². The molecule has 14 heteroatoms. The molecule has 0 spiro atoms. The maximum Gasteiger partial charge on any atom is 0.307 e. The summed E-state index contributed by atoms with van der Waals surface area (Å²) in [6, 6.07) is 0. The highest BCUT2D eigenvalue weighted by atomic mass is 16.6. The maximum absolute atomic E-state index is 13.3. The van der Waals surface area contributed by atoms with Crippen LogP contribution in [0, 0.1) is 46.3 Å². The van der Waals surface area contributed by atoms with Gasteiger partial charge in [0.05, 0.1) is 18.9 Å². The van der Waals surface area contributed by atoms with Crippen molar-refractivity contribution < 1.29 is 53.1 Å². The highest BCUT2D eigenvalue weighted by molar-refractivity contribution is 5.70. The van der Waals surface area contributed by atoms with E-state index in [1.807, 2.05) is 0 Å². The third kappa shape index (κ3) is 12.4. The van der Waals surface area contributed by atoms with Crippen molar-refractivity contribution in [2.45, 2.75) is 174 Å². The van der Waals surface area contributed by atoms with Crippen LogP contribution in [0.1, 0.15) is 143 Å². The number of rotatable bonds is 24. The molecule has 0 aromatic heterocycles. The molecule has 8 N–H and O–H groups in total. The predicted octanol–water partition coefficient (Wildman–Crippen LogP) is 4.66. The van der Waals surface area contributed by atoms with Gasteiger partial charge in [-0.3, -0.25) is 19.2 Å². The number of aliphatic hydroxyl groups is 2. The molecule has 0 aromatic carbocycles. The van der Waals surface area contributed by atoms with Gasteiger partial charge in [-0.2, -0.15) is 0 Å². The van der Waals surface area contributed by atoms with Gasteiger partial charge >= 0.3 is 23.9 Å². The first-order valence-electron chi connectivity index (χ1n) is 22.5. The lowest BCUT2D eigenvalue weighted by Gasteiger charge is -2.64. The van der Waals surface area contributed by atoms with Crippen molar-refractivity contribution in [3.63, 3.8) is 0 Å². The van der Waals surface area contributed by atoms with E-state index < -0.39 is 23.8 Å². The molecule has 0 amide bonds. The number of ether oxygens (including phenoxy) is 5. The van der Waals surface area contributed by atoms with Gasteiger partial charge in [-0.15, -0.1) is 0 Å². The summed E-state index contributed by atoms with van der Waals surface area (Å²) in [5, 5.41) is 21.4. The van der Waals surface area contributed by atoms with Crippen LogP contribution in [0.25, 0.3) is 0 Å². The quantitative estimate of drug-likeness (QED) is 0.0386. The molecule has 4 rings (SSSR count). The van der Waals surface area contributed by atoms with E-state index in [-0.39, 0.29) is 129 Å². The summed E-state index contributed by atoms with van der Waals surface area (Å²) in [7, 11) is 0. The van der Waals surface area contributed by atoms with Gasteiger partial charge in [0.25, 0.3) is 0 Å². The Kier molecular flexibility index (Phi) is 19.2. The molecule has 4 saturated carbocycles. The van der Waals surface area contributed by atoms with Gasteiger partial charge in [0, 0.05) is 37.8 Å². The van der Waals surface area contributed by atoms with Crippen LogP contribution in [-0.2, 0) is 42.9 Å². The van der Waals surface area contributed by atoms with E-state index in [1.165, 1.54) is 0 Å². The third-order valence-corrected chi connectivity index (χ3v) is 14.6. The van der Waals surface area contributed by atoms with Gasteiger partial charge in [-0.1, -0.05) is 53.4 Å². The molecule has 13 atom stereocenters. The lowest BCUT2D eigenvalue weighted by atomic mass is 9.43. The molecule has 0 saturated heterocycles. The van der Waals surface area contributed by atoms with Gasteiger partial charge in [0.15, 0.2) is 6.29 Å². The second-order valence-electron chi connectivity index (χ2n) is 18.4. The Morgan fingerprint density at radius 2 is 1.38 bits per heavy atom. The van der Waals surface area contributed by atoms with E-state index in [1.54, 1.807) is 0 Å². The molecular weight excluding hydrogens is 746 g/mol. The average molecular weight is 824 g/mol. The summed E-state index contributed by atoms with van der Waals surface area (Å²) >= 11 is 0. The van der Waals surface area contributed by atoms with E-state index in [0.717, 1.165) is 57.8 Å². The zero-order chi connectivity index (χ0) is 42.5. The first kappa shape index (κ1) is 48.3. The summed E-state index contributed by atoms with van der Waals surface area (Å²) in [5.74, 6) is -0.722. The van der Waals surface area contributed by atoms with E-state index >= 15 is 0 Å². The summed E-state index contributed by atoms with van der Waals surface area (Å²) in [4.78, 5) is 50.8. The first-order valence-corrected chi connectivity index (χ1v) is 22.5. The molecule has 334 valence electrons. The molecule has 0 bridgehead atoms. The number of hydrogen-bond acceptors (Lipinski definition) is 14. The Balaban J connectivity index is 1.46. The molecule has 58 heavy (non-hydrogen) atoms. The van der Waals surface area contributed by atoms with Crippen LogP contribution in [0.15, 0.2) is 0 Å². The Hall–Kier alpha value is -2.36. The number of nitrogens with two attached hydrogens (primary N) is 3. The van der Waals surface area contributed by atoms with Crippen LogP contribution >= 0.6 is 0 Å². The summed E-state index contributed by atoms with van der Waals surface area (Å²) < 4.78 is 29.5. The fourth-order valence-electron chi connectivity index (χ4n) is 11.6. The van der Waals surface area contributed by atoms with Crippen molar-refractivity contribution in [2.24, 2.45) is 63.5 Å². The minimum Gasteiger partial charge on any atom is -0.463 e. The predicted molar refractivity (Wildman–Crippen MR) is 217 cm³/mol. The molecular formula is C44H77N3O11. The van der Waals surface area contributed by atoms with Crippen molar-refractivity contribution in [1.82, 2.24) is 0 Å². The van der Waals surface area contributed by atoms with Gasteiger partial charge in [-0.25, -0.2) is 0 Å². The number of aliphatic hydroxyl groups excluding tert-OH is 2. The highest BCUT2D eigenvalue weighted by Gasteiger charge is 2.67. The van der Waals surface area contributed by atoms with E-state index in [9.17, 15) is 29.4 Å². The van der Waals surface area contributed by atoms with Crippen LogP contribution < -0.4 is 17.2 Å². The fourth-order valence-corrected chi connectivity index (χ4v) is 11.6. The summed E-state index contributed by atoms with van der Waals surface area (Å²) in [6.07, 6.45) is 9.11. The van der Waals surface area contributed by atoms with Crippen LogP contribution in [0.5, 0.6) is 0 Å². The second kappa shape index (κ2) is 23.0. The standard InChI is InChI=1S/C44H77N3O11/c1-5-6-7-8-9-10-37(49)54-26-30(48)27-55-38(50)14-11-28(2)32-12-13-33-42-34(25-36(44(32,33)4)58-41(53)18-22-47)43(3)19-15-31(56-39(51)16-20-45)23-29(43)24-35(42)57-40(52)17-21-46/h28-36,40,42,48,52H,5-27,45-47H2,1-4H3/t28-,29?,30?,31-,32-,33+,34+,35-,36+,40?,42+,43+,44-/m1/s1. The monoisotopic (exact) mass is 824 g/mol. The molecule has 14 nitrogen and oxygen atoms in total. The summed E-state index contributed by atoms with van der Waals surface area (Å²) in [6.45, 7) is 9.12. The maximum atomic E-state index is 13.3. The molecule has 4 aliphatic rings. The summed E-state index contributed by atoms with van der Waals surface area (Å²) in [5.41, 5.74) is 16.7. The molecule has 0 aliphatic heterocycles. The Morgan fingerprint density at radius 1 is 0.724 bits per heavy atom. The number of esters is 4. The van der Waals surface area contributed by atoms with Crippen molar-refractivity contribution in [3.05, 3.63) is 0 Å². The number of carbonyl (C=O) groups excluding carboxylic acids is 4. The molecule has 3 unspecified atom stereocenters. The smallest absolute Gasteiger partial charge is 0.307 e. The van der Waals surface area contributed by atoms with E-state index in [0.29, 0.717) is 38.5 Å². The Labute approximate surface area is 346 Å². The molecule has 0 aromatic rings. The number of hydrogen-bond donors (Lipinski definition) is 5. The van der Waals surface area contributed by atoms with Crippen LogP contribution in [-0.4, -0.2) is 97.6 Å². The SMILES string of the molecule is CCCCCCCC(=O)OCC(O)COC(=O)CC[C@@H](C)[C@H]1CC[C@H]2[C@@H]3[C@H](OC(O)CCN)CC4C[C@H](OC(=O)CCN)CC[C@]4(C)[C@H]3C[C@H](OC(=O)CCN)[C@]12C. The van der Waals surface area contributed by atoms with Crippen molar-refractivity contribution in [3.8, 4) is 0 Å². The van der Waals surface area contributed by atoms with E-state index in [4.69, 9.17) is 40.9 Å². The Bertz CT molecular complexity index is 1320. The Morgan fingerprint density at radius 3 is 2.03 bits per heavy atom. The van der Waals surface area contributed by atoms with Gasteiger partial charge in [-0.05, 0) is 105 Å². The van der Waals surface area contributed by atoms with Crippen molar-refractivity contribution in [1.29, 1.82) is 0 Å². The number of unbranched alkanes of at least 4 members (excludes halogenated alkanes) is 4. The van der Waals surface area contributed by atoms with Crippen LogP contribution in [0.4, 0.5) is 0 Å². The van der Waals surface area contributed by atoms with Crippen molar-refractivity contribution in [2.75, 3.05) is 32.8 Å². The fraction of sp³-hybridized carbons (Fsp3) is 0.909. The van der Waals surface area contributed by atoms with Crippen molar-refractivity contribution >= 4 is 23.9 Å². The van der Waals surface area contributed by atoms with E-state index in [2.05, 4.69) is 27.7 Å². The van der Waals surface area contributed by atoms with Gasteiger partial charge in [0.1, 0.15) is 31.5 Å². The van der Waals surface area contributed by atoms with Gasteiger partial charge < -0.3 is 51.1 Å². The second-order valence-corrected chi connectivity index (χ2v) is 18.4. The first-order chi connectivity index (χ1) is 27.7. The normalized spacial score (nSPS) is 33.1. The topological polar surface area (TPSA) is 233 Å². The molecule has 4 fully saturated rings. The highest BCUT2D eigenvalue weighted by Crippen LogP contribution is 2.69. The zero-order valence-electron chi connectivity index (χ0n) is 35.9. The average Bonchev–Trinajstić information content (AvgIpc) is 3.54. The molecule has 4 aliphatic carbocycles. The molecule has 0 heterocycles. The number of fused-ring (bicyclic) bond motifs is 5. The lowest BCUT2D eigenvalue weighted by molar-refractivity contribution is -0.251. The number of carbonyl (C=O) groups is 4. The van der Waals surface area contributed by atoms with Crippen LogP contribution in [0.3, 0.4) is 0 Å². The zero-order valence-corrected chi connectivity index (χ0v) is 35.9. The minimum atomic E-state index is -1.10. The third-order valence-electron chi connectivity index (χ3n) is 14.6. The largest absolute Gasteiger partial charge is 0.463 e. The molecule has 0 radical (unpaired) electrons. The lowest BCUT2D eigenvalue weighted by Crippen LogP contribution is -2.63.